The molecule has 0 radical (unpaired) electrons. The van der Waals surface area contributed by atoms with Crippen LogP contribution in [0, 0.1) is 6.92 Å². The van der Waals surface area contributed by atoms with Crippen LogP contribution >= 0.6 is 23.4 Å². The maximum absolute atomic E-state index is 13.0. The number of methoxy groups -OCH3 is 1. The lowest BCUT2D eigenvalue weighted by Gasteiger charge is -2.16. The van der Waals surface area contributed by atoms with Crippen LogP contribution < -0.4 is 5.32 Å². The van der Waals surface area contributed by atoms with Crippen molar-refractivity contribution in [3.8, 4) is 0 Å². The summed E-state index contributed by atoms with van der Waals surface area (Å²) >= 11 is 7.20. The van der Waals surface area contributed by atoms with Gasteiger partial charge in [0.25, 0.3) is 0 Å². The molecule has 1 atom stereocenters. The monoisotopic (exact) mass is 445 g/mol. The summed E-state index contributed by atoms with van der Waals surface area (Å²) in [5.41, 5.74) is 2.56. The van der Waals surface area contributed by atoms with E-state index >= 15 is 0 Å². The predicted octanol–water partition coefficient (Wildman–Crippen LogP) is 4.65. The summed E-state index contributed by atoms with van der Waals surface area (Å²) in [5.74, 6) is -0.329. The van der Waals surface area contributed by atoms with E-state index in [0.717, 1.165) is 11.3 Å². The molecule has 1 N–H and O–H groups in total. The van der Waals surface area contributed by atoms with Gasteiger partial charge in [-0.15, -0.1) is 0 Å². The van der Waals surface area contributed by atoms with Gasteiger partial charge in [0.1, 0.15) is 5.25 Å². The van der Waals surface area contributed by atoms with Gasteiger partial charge in [-0.2, -0.15) is 0 Å². The SMILES string of the molecule is COCCCN1C(=O)[C@@H](CC(=O)Nc2ccc(Cl)cc2)SC1=Nc1ccc(C)cc1. The summed E-state index contributed by atoms with van der Waals surface area (Å²) in [5, 5.41) is 3.51. The van der Waals surface area contributed by atoms with Gasteiger partial charge in [0.05, 0.1) is 5.69 Å². The Morgan fingerprint density at radius 2 is 1.90 bits per heavy atom. The highest BCUT2D eigenvalue weighted by Gasteiger charge is 2.38. The van der Waals surface area contributed by atoms with Crippen molar-refractivity contribution in [2.75, 3.05) is 25.6 Å². The van der Waals surface area contributed by atoms with Gasteiger partial charge in [-0.25, -0.2) is 4.99 Å². The zero-order valence-electron chi connectivity index (χ0n) is 16.9. The number of carbonyl (C=O) groups excluding carboxylic acids is 2. The van der Waals surface area contributed by atoms with Crippen LogP contribution in [0.2, 0.25) is 5.02 Å². The van der Waals surface area contributed by atoms with E-state index in [1.165, 1.54) is 11.8 Å². The summed E-state index contributed by atoms with van der Waals surface area (Å²) in [6.07, 6.45) is 0.763. The van der Waals surface area contributed by atoms with E-state index in [2.05, 4.69) is 10.3 Å². The highest BCUT2D eigenvalue weighted by atomic mass is 35.5. The molecule has 0 bridgehead atoms. The summed E-state index contributed by atoms with van der Waals surface area (Å²) in [6, 6.07) is 14.7. The average Bonchev–Trinajstić information content (AvgIpc) is 3.00. The molecule has 1 aliphatic heterocycles. The number of hydrogen-bond donors (Lipinski definition) is 1. The number of nitrogens with one attached hydrogen (secondary N) is 1. The molecule has 1 saturated heterocycles. The van der Waals surface area contributed by atoms with Gasteiger partial charge in [0.2, 0.25) is 11.8 Å². The first-order valence-electron chi connectivity index (χ1n) is 9.64. The summed E-state index contributed by atoms with van der Waals surface area (Å²) in [6.45, 7) is 3.06. The number of hydrogen-bond acceptors (Lipinski definition) is 5. The van der Waals surface area contributed by atoms with Crippen LogP contribution in [0.1, 0.15) is 18.4 Å². The van der Waals surface area contributed by atoms with Crippen LogP contribution in [0.25, 0.3) is 0 Å². The molecule has 0 aliphatic carbocycles. The van der Waals surface area contributed by atoms with Crippen molar-refractivity contribution < 1.29 is 14.3 Å². The van der Waals surface area contributed by atoms with E-state index in [0.29, 0.717) is 35.5 Å². The van der Waals surface area contributed by atoms with E-state index < -0.39 is 5.25 Å². The molecule has 0 saturated carbocycles. The normalized spacial score (nSPS) is 17.6. The van der Waals surface area contributed by atoms with Crippen LogP contribution in [-0.2, 0) is 14.3 Å². The first-order valence-corrected chi connectivity index (χ1v) is 10.9. The van der Waals surface area contributed by atoms with Crippen molar-refractivity contribution in [2.24, 2.45) is 4.99 Å². The van der Waals surface area contributed by atoms with Gasteiger partial charge >= 0.3 is 0 Å². The van der Waals surface area contributed by atoms with Crippen molar-refractivity contribution in [3.05, 3.63) is 59.1 Å². The second-order valence-electron chi connectivity index (χ2n) is 6.93. The molecule has 2 aromatic rings. The zero-order chi connectivity index (χ0) is 21.5. The molecule has 3 rings (SSSR count). The number of aryl methyl sites for hydroxylation is 1. The molecule has 0 unspecified atom stereocenters. The number of amidine groups is 1. The van der Waals surface area contributed by atoms with E-state index in [4.69, 9.17) is 16.3 Å². The summed E-state index contributed by atoms with van der Waals surface area (Å²) in [7, 11) is 1.63. The predicted molar refractivity (Wildman–Crippen MR) is 123 cm³/mol. The van der Waals surface area contributed by atoms with Crippen LogP contribution in [0.5, 0.6) is 0 Å². The first kappa shape index (κ1) is 22.3. The van der Waals surface area contributed by atoms with Crippen molar-refractivity contribution in [1.29, 1.82) is 0 Å². The molecule has 0 spiro atoms. The van der Waals surface area contributed by atoms with Gasteiger partial charge < -0.3 is 10.1 Å². The molecule has 2 aromatic carbocycles. The lowest BCUT2D eigenvalue weighted by Crippen LogP contribution is -2.34. The minimum absolute atomic E-state index is 0.0693. The van der Waals surface area contributed by atoms with Gasteiger partial charge in [-0.3, -0.25) is 14.5 Å². The smallest absolute Gasteiger partial charge is 0.242 e. The molecule has 1 fully saturated rings. The Morgan fingerprint density at radius 1 is 1.20 bits per heavy atom. The number of carbonyl (C=O) groups is 2. The van der Waals surface area contributed by atoms with Crippen molar-refractivity contribution in [1.82, 2.24) is 4.90 Å². The molecular weight excluding hydrogens is 422 g/mol. The third kappa shape index (κ3) is 6.08. The molecule has 1 aliphatic rings. The molecule has 30 heavy (non-hydrogen) atoms. The van der Waals surface area contributed by atoms with Crippen LogP contribution in [0.15, 0.2) is 53.5 Å². The Labute approximate surface area is 185 Å². The van der Waals surface area contributed by atoms with Crippen molar-refractivity contribution >= 4 is 51.7 Å². The summed E-state index contributed by atoms with van der Waals surface area (Å²) in [4.78, 5) is 31.8. The quantitative estimate of drug-likeness (QED) is 0.600. The van der Waals surface area contributed by atoms with Gasteiger partial charge in [-0.05, 0) is 49.7 Å². The Hall–Kier alpha value is -2.35. The molecule has 8 heteroatoms. The van der Waals surface area contributed by atoms with Gasteiger partial charge in [0.15, 0.2) is 5.17 Å². The Kier molecular flexibility index (Phi) is 7.90. The second-order valence-corrected chi connectivity index (χ2v) is 8.54. The fourth-order valence-corrected chi connectivity index (χ4v) is 4.25. The minimum Gasteiger partial charge on any atom is -0.385 e. The first-order chi connectivity index (χ1) is 14.5. The second kappa shape index (κ2) is 10.6. The number of halogens is 1. The molecular formula is C22H24ClN3O3S. The fourth-order valence-electron chi connectivity index (χ4n) is 2.94. The number of rotatable bonds is 8. The zero-order valence-corrected chi connectivity index (χ0v) is 18.5. The number of ether oxygens (including phenoxy) is 1. The fraction of sp³-hybridized carbons (Fsp3) is 0.318. The molecule has 0 aromatic heterocycles. The third-order valence-electron chi connectivity index (χ3n) is 4.51. The maximum Gasteiger partial charge on any atom is 0.242 e. The Balaban J connectivity index is 1.71. The Bertz CT molecular complexity index is 916. The summed E-state index contributed by atoms with van der Waals surface area (Å²) < 4.78 is 5.11. The van der Waals surface area contributed by atoms with E-state index in [9.17, 15) is 9.59 Å². The largest absolute Gasteiger partial charge is 0.385 e. The highest BCUT2D eigenvalue weighted by molar-refractivity contribution is 8.15. The Morgan fingerprint density at radius 3 is 2.57 bits per heavy atom. The standard InChI is InChI=1S/C22H24ClN3O3S/c1-15-4-8-18(9-5-15)25-22-26(12-3-13-29-2)21(28)19(30-22)14-20(27)24-17-10-6-16(23)7-11-17/h4-11,19H,3,12-14H2,1-2H3,(H,24,27)/t19-/m1/s1. The van der Waals surface area contributed by atoms with Crippen molar-refractivity contribution in [2.45, 2.75) is 25.0 Å². The van der Waals surface area contributed by atoms with Crippen LogP contribution in [0.3, 0.4) is 0 Å². The van der Waals surface area contributed by atoms with E-state index in [-0.39, 0.29) is 18.2 Å². The number of aliphatic imine (C=N–C) groups is 1. The molecule has 1 heterocycles. The number of nitrogens with zero attached hydrogens (tertiary/aromatic N) is 2. The average molecular weight is 446 g/mol. The third-order valence-corrected chi connectivity index (χ3v) is 5.93. The van der Waals surface area contributed by atoms with Gasteiger partial charge in [0, 0.05) is 37.4 Å². The van der Waals surface area contributed by atoms with Crippen LogP contribution in [0.4, 0.5) is 11.4 Å². The minimum atomic E-state index is -0.510. The number of benzene rings is 2. The lowest BCUT2D eigenvalue weighted by molar-refractivity contribution is -0.128. The van der Waals surface area contributed by atoms with Crippen LogP contribution in [-0.4, -0.2) is 47.4 Å². The number of thioether (sulfide) groups is 1. The molecule has 2 amide bonds. The van der Waals surface area contributed by atoms with E-state index in [1.54, 1.807) is 36.3 Å². The topological polar surface area (TPSA) is 71.0 Å². The number of anilines is 1. The molecule has 158 valence electrons. The molecule has 6 nitrogen and oxygen atoms in total. The lowest BCUT2D eigenvalue weighted by atomic mass is 10.2. The number of amides is 2. The maximum atomic E-state index is 13.0. The van der Waals surface area contributed by atoms with Gasteiger partial charge in [-0.1, -0.05) is 41.1 Å². The van der Waals surface area contributed by atoms with Crippen molar-refractivity contribution in [3.63, 3.8) is 0 Å². The highest BCUT2D eigenvalue weighted by Crippen LogP contribution is 2.32. The van der Waals surface area contributed by atoms with E-state index in [1.807, 2.05) is 31.2 Å².